The molecule has 0 amide bonds. The fraction of sp³-hybridized carbons (Fsp3) is 0.833. The van der Waals surface area contributed by atoms with Crippen LogP contribution in [-0.2, 0) is 6.54 Å². The van der Waals surface area contributed by atoms with Crippen LogP contribution in [0, 0.1) is 11.8 Å². The van der Waals surface area contributed by atoms with Crippen LogP contribution in [-0.4, -0.2) is 21.3 Å². The van der Waals surface area contributed by atoms with Gasteiger partial charge in [-0.3, -0.25) is 0 Å². The molecule has 0 aromatic carbocycles. The molecule has 0 aliphatic carbocycles. The van der Waals surface area contributed by atoms with Crippen molar-refractivity contribution in [2.24, 2.45) is 11.8 Å². The number of hydrogen-bond donors (Lipinski definition) is 1. The summed E-state index contributed by atoms with van der Waals surface area (Å²) in [5, 5.41) is 7.65. The van der Waals surface area contributed by atoms with Crippen LogP contribution in [0.1, 0.15) is 46.5 Å². The van der Waals surface area contributed by atoms with Gasteiger partial charge in [0.15, 0.2) is 0 Å². The van der Waals surface area contributed by atoms with Crippen molar-refractivity contribution in [2.45, 2.75) is 47.2 Å². The van der Waals surface area contributed by atoms with Crippen molar-refractivity contribution in [3.8, 4) is 0 Å². The van der Waals surface area contributed by atoms with Crippen molar-refractivity contribution in [1.82, 2.24) is 20.1 Å². The largest absolute Gasteiger partial charge is 0.310 e. The zero-order valence-electron chi connectivity index (χ0n) is 11.1. The van der Waals surface area contributed by atoms with Gasteiger partial charge in [-0.15, -0.1) is 0 Å². The van der Waals surface area contributed by atoms with Crippen LogP contribution in [0.15, 0.2) is 6.33 Å². The van der Waals surface area contributed by atoms with Crippen molar-refractivity contribution in [3.63, 3.8) is 0 Å². The van der Waals surface area contributed by atoms with Gasteiger partial charge in [0.05, 0.1) is 6.54 Å². The Bertz CT molecular complexity index is 304. The summed E-state index contributed by atoms with van der Waals surface area (Å²) in [7, 11) is 0. The van der Waals surface area contributed by atoms with Crippen molar-refractivity contribution in [1.29, 1.82) is 0 Å². The van der Waals surface area contributed by atoms with Gasteiger partial charge in [-0.2, -0.15) is 5.10 Å². The Kier molecular flexibility index (Phi) is 4.93. The molecule has 1 heterocycles. The highest BCUT2D eigenvalue weighted by Crippen LogP contribution is 2.08. The molecule has 1 rings (SSSR count). The molecule has 92 valence electrons. The third-order valence-corrected chi connectivity index (χ3v) is 3.02. The average Bonchev–Trinajstić information content (AvgIpc) is 2.65. The van der Waals surface area contributed by atoms with E-state index >= 15 is 0 Å². The second-order valence-corrected chi connectivity index (χ2v) is 5.07. The minimum atomic E-state index is 0.377. The van der Waals surface area contributed by atoms with Gasteiger partial charge in [-0.1, -0.05) is 20.8 Å². The van der Waals surface area contributed by atoms with Gasteiger partial charge in [0.2, 0.25) is 0 Å². The predicted octanol–water partition coefficient (Wildman–Crippen LogP) is 2.24. The quantitative estimate of drug-likeness (QED) is 0.806. The highest BCUT2D eigenvalue weighted by atomic mass is 15.3. The van der Waals surface area contributed by atoms with E-state index in [4.69, 9.17) is 0 Å². The topological polar surface area (TPSA) is 42.7 Å². The Morgan fingerprint density at radius 3 is 2.50 bits per heavy atom. The van der Waals surface area contributed by atoms with Crippen LogP contribution in [0.5, 0.6) is 0 Å². The molecule has 0 fully saturated rings. The first-order valence-corrected chi connectivity index (χ1v) is 6.11. The lowest BCUT2D eigenvalue weighted by Crippen LogP contribution is -2.25. The van der Waals surface area contributed by atoms with Crippen LogP contribution >= 0.6 is 0 Å². The van der Waals surface area contributed by atoms with Gasteiger partial charge in [0.1, 0.15) is 12.2 Å². The number of aromatic nitrogens is 3. The molecule has 1 unspecified atom stereocenters. The zero-order chi connectivity index (χ0) is 12.1. The van der Waals surface area contributed by atoms with Crippen molar-refractivity contribution < 1.29 is 0 Å². The van der Waals surface area contributed by atoms with Gasteiger partial charge >= 0.3 is 0 Å². The lowest BCUT2D eigenvalue weighted by atomic mass is 9.98. The predicted molar refractivity (Wildman–Crippen MR) is 66.1 cm³/mol. The maximum Gasteiger partial charge on any atom is 0.141 e. The summed E-state index contributed by atoms with van der Waals surface area (Å²) in [6.07, 6.45) is 1.63. The number of nitrogens with zero attached hydrogens (tertiary/aromatic N) is 3. The van der Waals surface area contributed by atoms with Crippen LogP contribution < -0.4 is 5.32 Å². The monoisotopic (exact) mass is 224 g/mol. The van der Waals surface area contributed by atoms with Crippen LogP contribution in [0.25, 0.3) is 0 Å². The first kappa shape index (κ1) is 13.2. The summed E-state index contributed by atoms with van der Waals surface area (Å²) < 4.78 is 1.97. The minimum Gasteiger partial charge on any atom is -0.310 e. The molecule has 4 heteroatoms. The van der Waals surface area contributed by atoms with Gasteiger partial charge in [-0.05, 0) is 32.2 Å². The summed E-state index contributed by atoms with van der Waals surface area (Å²) in [5.41, 5.74) is 0. The Hall–Kier alpha value is -0.900. The lowest BCUT2D eigenvalue weighted by Gasteiger charge is -2.16. The van der Waals surface area contributed by atoms with Gasteiger partial charge < -0.3 is 5.32 Å². The van der Waals surface area contributed by atoms with Gasteiger partial charge in [0, 0.05) is 6.04 Å². The number of rotatable bonds is 6. The molecule has 1 atom stereocenters. The zero-order valence-corrected chi connectivity index (χ0v) is 11.1. The average molecular weight is 224 g/mol. The molecule has 0 saturated heterocycles. The molecule has 4 nitrogen and oxygen atoms in total. The second kappa shape index (κ2) is 5.99. The molecule has 0 radical (unpaired) electrons. The highest BCUT2D eigenvalue weighted by Gasteiger charge is 2.09. The molecular formula is C12H24N4. The third kappa shape index (κ3) is 3.59. The molecule has 0 bridgehead atoms. The maximum absolute atomic E-state index is 4.27. The molecule has 1 aromatic heterocycles. The van der Waals surface area contributed by atoms with Crippen molar-refractivity contribution >= 4 is 0 Å². The minimum absolute atomic E-state index is 0.377. The van der Waals surface area contributed by atoms with Crippen LogP contribution in [0.4, 0.5) is 0 Å². The molecule has 0 saturated carbocycles. The van der Waals surface area contributed by atoms with E-state index in [-0.39, 0.29) is 0 Å². The molecule has 16 heavy (non-hydrogen) atoms. The van der Waals surface area contributed by atoms with E-state index in [2.05, 4.69) is 50.0 Å². The standard InChI is InChI=1S/C12H24N4/c1-9(2)11(5)6-13-7-12-14-8-15-16(12)10(3)4/h8-11,13H,6-7H2,1-5H3. The molecule has 0 spiro atoms. The SMILES string of the molecule is CC(C)C(C)CNCc1ncnn1C(C)C. The molecule has 0 aliphatic rings. The molecule has 0 aliphatic heterocycles. The summed E-state index contributed by atoms with van der Waals surface area (Å²) in [5.74, 6) is 2.43. The molecule has 1 N–H and O–H groups in total. The Morgan fingerprint density at radius 2 is 1.94 bits per heavy atom. The van der Waals surface area contributed by atoms with Crippen LogP contribution in [0.3, 0.4) is 0 Å². The van der Waals surface area contributed by atoms with E-state index in [1.54, 1.807) is 6.33 Å². The Balaban J connectivity index is 2.40. The van der Waals surface area contributed by atoms with Crippen LogP contribution in [0.2, 0.25) is 0 Å². The summed E-state index contributed by atoms with van der Waals surface area (Å²) in [6, 6.07) is 0.377. The maximum atomic E-state index is 4.27. The Morgan fingerprint density at radius 1 is 1.25 bits per heavy atom. The molecule has 1 aromatic rings. The van der Waals surface area contributed by atoms with E-state index in [9.17, 15) is 0 Å². The lowest BCUT2D eigenvalue weighted by molar-refractivity contribution is 0.385. The van der Waals surface area contributed by atoms with E-state index in [0.29, 0.717) is 12.0 Å². The van der Waals surface area contributed by atoms with Gasteiger partial charge in [0.25, 0.3) is 0 Å². The van der Waals surface area contributed by atoms with E-state index in [0.717, 1.165) is 24.8 Å². The number of nitrogens with one attached hydrogen (secondary N) is 1. The van der Waals surface area contributed by atoms with Crippen molar-refractivity contribution in [2.75, 3.05) is 6.54 Å². The molecular weight excluding hydrogens is 200 g/mol. The fourth-order valence-electron chi connectivity index (χ4n) is 1.48. The van der Waals surface area contributed by atoms with E-state index in [1.165, 1.54) is 0 Å². The normalized spacial score (nSPS) is 13.7. The highest BCUT2D eigenvalue weighted by molar-refractivity contribution is 4.85. The fourth-order valence-corrected chi connectivity index (χ4v) is 1.48. The smallest absolute Gasteiger partial charge is 0.141 e. The van der Waals surface area contributed by atoms with E-state index in [1.807, 2.05) is 4.68 Å². The summed E-state index contributed by atoms with van der Waals surface area (Å²) >= 11 is 0. The van der Waals surface area contributed by atoms with Gasteiger partial charge in [-0.25, -0.2) is 9.67 Å². The first-order chi connectivity index (χ1) is 7.52. The second-order valence-electron chi connectivity index (χ2n) is 5.07. The summed E-state index contributed by atoms with van der Waals surface area (Å²) in [4.78, 5) is 4.27. The third-order valence-electron chi connectivity index (χ3n) is 3.02. The van der Waals surface area contributed by atoms with Crippen molar-refractivity contribution in [3.05, 3.63) is 12.2 Å². The summed E-state index contributed by atoms with van der Waals surface area (Å²) in [6.45, 7) is 12.8. The van der Waals surface area contributed by atoms with E-state index < -0.39 is 0 Å². The Labute approximate surface area is 98.5 Å². The number of hydrogen-bond acceptors (Lipinski definition) is 3. The first-order valence-electron chi connectivity index (χ1n) is 6.11.